The van der Waals surface area contributed by atoms with Crippen molar-refractivity contribution in [3.8, 4) is 0 Å². The maximum Gasteiger partial charge on any atom is 0.0447 e. The van der Waals surface area contributed by atoms with Crippen molar-refractivity contribution in [2.24, 2.45) is 0 Å². The maximum atomic E-state index is 9.17. The molecule has 0 aliphatic rings. The highest BCUT2D eigenvalue weighted by Gasteiger charge is 2.10. The van der Waals surface area contributed by atoms with Gasteiger partial charge in [0.25, 0.3) is 0 Å². The maximum absolute atomic E-state index is 9.17. The van der Waals surface area contributed by atoms with Gasteiger partial charge in [-0.25, -0.2) is 0 Å². The topological polar surface area (TPSA) is 46.9 Å². The number of aliphatic hydroxyl groups excluding tert-OH is 2. The van der Waals surface area contributed by atoms with Crippen molar-refractivity contribution < 1.29 is 10.2 Å². The van der Waals surface area contributed by atoms with Gasteiger partial charge >= 0.3 is 0 Å². The first kappa shape index (κ1) is 18.3. The third kappa shape index (κ3) is 5.87. The van der Waals surface area contributed by atoms with Crippen LogP contribution in [0.3, 0.4) is 0 Å². The molecule has 2 N–H and O–H groups in total. The quantitative estimate of drug-likeness (QED) is 0.666. The molecule has 0 aliphatic carbocycles. The summed E-state index contributed by atoms with van der Waals surface area (Å²) in [6.07, 6.45) is 1.52. The second-order valence-corrected chi connectivity index (χ2v) is 5.80. The molecule has 130 valence electrons. The minimum atomic E-state index is 0.205. The van der Waals surface area contributed by atoms with E-state index in [9.17, 15) is 0 Å². The van der Waals surface area contributed by atoms with Crippen LogP contribution in [0.4, 0.5) is 11.4 Å². The Morgan fingerprint density at radius 1 is 0.542 bits per heavy atom. The Bertz CT molecular complexity index is 497. The molecule has 0 aliphatic heterocycles. The predicted molar refractivity (Wildman–Crippen MR) is 101 cm³/mol. The van der Waals surface area contributed by atoms with Gasteiger partial charge in [-0.15, -0.1) is 0 Å². The number of rotatable bonds is 11. The summed E-state index contributed by atoms with van der Waals surface area (Å²) < 4.78 is 0. The van der Waals surface area contributed by atoms with Gasteiger partial charge in [0.2, 0.25) is 0 Å². The summed E-state index contributed by atoms with van der Waals surface area (Å²) in [6.45, 7) is 3.84. The van der Waals surface area contributed by atoms with Crippen LogP contribution in [0.5, 0.6) is 0 Å². The lowest BCUT2D eigenvalue weighted by Crippen LogP contribution is -2.36. The standard InChI is InChI=1S/C20H28N2O2/c23-17-7-13-21(19-9-3-1-4-10-19)15-16-22(14-8-18-24)20-11-5-2-6-12-20/h1-6,9-12,23-24H,7-8,13-18H2. The second kappa shape index (κ2) is 10.7. The lowest BCUT2D eigenvalue weighted by atomic mass is 10.2. The molecular weight excluding hydrogens is 300 g/mol. The number of anilines is 2. The summed E-state index contributed by atoms with van der Waals surface area (Å²) in [4.78, 5) is 4.62. The van der Waals surface area contributed by atoms with Crippen LogP contribution in [0.1, 0.15) is 12.8 Å². The molecule has 0 spiro atoms. The Labute approximate surface area is 145 Å². The van der Waals surface area contributed by atoms with E-state index in [4.69, 9.17) is 10.2 Å². The normalized spacial score (nSPS) is 10.6. The number of hydrogen-bond acceptors (Lipinski definition) is 4. The molecule has 2 rings (SSSR count). The van der Waals surface area contributed by atoms with Gasteiger partial charge in [0.1, 0.15) is 0 Å². The van der Waals surface area contributed by atoms with E-state index in [0.29, 0.717) is 0 Å². The largest absolute Gasteiger partial charge is 0.396 e. The van der Waals surface area contributed by atoms with Gasteiger partial charge in [0, 0.05) is 50.8 Å². The van der Waals surface area contributed by atoms with Crippen molar-refractivity contribution in [2.75, 3.05) is 49.2 Å². The molecule has 0 saturated heterocycles. The van der Waals surface area contributed by atoms with Crippen molar-refractivity contribution in [3.05, 3.63) is 60.7 Å². The Hall–Kier alpha value is -2.04. The van der Waals surface area contributed by atoms with Crippen LogP contribution in [-0.4, -0.2) is 49.6 Å². The highest BCUT2D eigenvalue weighted by atomic mass is 16.3. The molecule has 2 aromatic carbocycles. The molecule has 0 saturated carbocycles. The molecule has 4 nitrogen and oxygen atoms in total. The number of benzene rings is 2. The molecular formula is C20H28N2O2. The van der Waals surface area contributed by atoms with E-state index in [-0.39, 0.29) is 13.2 Å². The first-order valence-electron chi connectivity index (χ1n) is 8.67. The zero-order valence-electron chi connectivity index (χ0n) is 14.2. The van der Waals surface area contributed by atoms with Crippen molar-refractivity contribution in [1.29, 1.82) is 0 Å². The van der Waals surface area contributed by atoms with Gasteiger partial charge in [0.05, 0.1) is 0 Å². The summed E-state index contributed by atoms with van der Waals surface area (Å²) in [5.74, 6) is 0. The summed E-state index contributed by atoms with van der Waals surface area (Å²) in [6, 6.07) is 20.6. The lowest BCUT2D eigenvalue weighted by Gasteiger charge is -2.30. The van der Waals surface area contributed by atoms with Crippen LogP contribution in [0, 0.1) is 0 Å². The van der Waals surface area contributed by atoms with E-state index >= 15 is 0 Å². The van der Waals surface area contributed by atoms with Crippen LogP contribution in [0.2, 0.25) is 0 Å². The van der Waals surface area contributed by atoms with Gasteiger partial charge in [-0.3, -0.25) is 0 Å². The summed E-state index contributed by atoms with van der Waals surface area (Å²) in [5.41, 5.74) is 2.36. The molecule has 0 aromatic heterocycles. The monoisotopic (exact) mass is 328 g/mol. The van der Waals surface area contributed by atoms with Crippen molar-refractivity contribution in [1.82, 2.24) is 0 Å². The highest BCUT2D eigenvalue weighted by molar-refractivity contribution is 5.48. The number of hydrogen-bond donors (Lipinski definition) is 2. The Kier molecular flexibility index (Phi) is 8.15. The van der Waals surface area contributed by atoms with E-state index in [1.54, 1.807) is 0 Å². The average molecular weight is 328 g/mol. The Morgan fingerprint density at radius 2 is 0.917 bits per heavy atom. The molecule has 4 heteroatoms. The molecule has 0 heterocycles. The minimum absolute atomic E-state index is 0.205. The predicted octanol–water partition coefficient (Wildman–Crippen LogP) is 2.76. The average Bonchev–Trinajstić information content (AvgIpc) is 2.65. The SMILES string of the molecule is OCCCN(CCN(CCCO)c1ccccc1)c1ccccc1. The van der Waals surface area contributed by atoms with Crippen molar-refractivity contribution in [2.45, 2.75) is 12.8 Å². The van der Waals surface area contributed by atoms with Crippen molar-refractivity contribution >= 4 is 11.4 Å². The van der Waals surface area contributed by atoms with Gasteiger partial charge in [-0.05, 0) is 37.1 Å². The van der Waals surface area contributed by atoms with Crippen LogP contribution >= 0.6 is 0 Å². The van der Waals surface area contributed by atoms with Crippen molar-refractivity contribution in [3.63, 3.8) is 0 Å². The molecule has 0 bridgehead atoms. The van der Waals surface area contributed by atoms with Crippen LogP contribution in [-0.2, 0) is 0 Å². The van der Waals surface area contributed by atoms with Crippen LogP contribution in [0.15, 0.2) is 60.7 Å². The Morgan fingerprint density at radius 3 is 1.25 bits per heavy atom. The minimum Gasteiger partial charge on any atom is -0.396 e. The van der Waals surface area contributed by atoms with Gasteiger partial charge in [-0.1, -0.05) is 36.4 Å². The van der Waals surface area contributed by atoms with Gasteiger partial charge in [-0.2, -0.15) is 0 Å². The smallest absolute Gasteiger partial charge is 0.0447 e. The fraction of sp³-hybridized carbons (Fsp3) is 0.400. The van der Waals surface area contributed by atoms with Gasteiger partial charge < -0.3 is 20.0 Å². The lowest BCUT2D eigenvalue weighted by molar-refractivity contribution is 0.288. The summed E-state index contributed by atoms with van der Waals surface area (Å²) >= 11 is 0. The van der Waals surface area contributed by atoms with Crippen LogP contribution < -0.4 is 9.80 Å². The van der Waals surface area contributed by atoms with Gasteiger partial charge in [0.15, 0.2) is 0 Å². The fourth-order valence-electron chi connectivity index (χ4n) is 2.78. The molecule has 0 fully saturated rings. The second-order valence-electron chi connectivity index (χ2n) is 5.80. The van der Waals surface area contributed by atoms with E-state index in [2.05, 4.69) is 34.1 Å². The van der Waals surface area contributed by atoms with E-state index in [1.807, 2.05) is 36.4 Å². The molecule has 24 heavy (non-hydrogen) atoms. The fourth-order valence-corrected chi connectivity index (χ4v) is 2.78. The Balaban J connectivity index is 2.03. The van der Waals surface area contributed by atoms with E-state index in [1.165, 1.54) is 11.4 Å². The summed E-state index contributed by atoms with van der Waals surface area (Å²) in [5, 5.41) is 18.3. The zero-order chi connectivity index (χ0) is 17.0. The van der Waals surface area contributed by atoms with Crippen LogP contribution in [0.25, 0.3) is 0 Å². The molecule has 0 unspecified atom stereocenters. The molecule has 0 amide bonds. The highest BCUT2D eigenvalue weighted by Crippen LogP contribution is 2.17. The molecule has 0 atom stereocenters. The number of aliphatic hydroxyl groups is 2. The number of nitrogens with zero attached hydrogens (tertiary/aromatic N) is 2. The number of para-hydroxylation sites is 2. The first-order chi connectivity index (χ1) is 11.8. The zero-order valence-corrected chi connectivity index (χ0v) is 14.2. The van der Waals surface area contributed by atoms with E-state index in [0.717, 1.165) is 39.0 Å². The third-order valence-corrected chi connectivity index (χ3v) is 4.05. The molecule has 2 aromatic rings. The summed E-state index contributed by atoms with van der Waals surface area (Å²) in [7, 11) is 0. The first-order valence-corrected chi connectivity index (χ1v) is 8.67. The van der Waals surface area contributed by atoms with E-state index < -0.39 is 0 Å². The molecule has 0 radical (unpaired) electrons. The third-order valence-electron chi connectivity index (χ3n) is 4.05.